The molecule has 2 aromatic carbocycles. The lowest BCUT2D eigenvalue weighted by atomic mass is 9.99. The topological polar surface area (TPSA) is 108 Å². The number of para-hydroxylation sites is 2. The van der Waals surface area contributed by atoms with E-state index in [9.17, 15) is 9.59 Å². The minimum Gasteiger partial charge on any atom is -0.496 e. The van der Waals surface area contributed by atoms with Gasteiger partial charge in [-0.05, 0) is 18.2 Å². The molecule has 1 amide bonds. The van der Waals surface area contributed by atoms with Crippen LogP contribution in [0.25, 0.3) is 11.0 Å². The average Bonchev–Trinajstić information content (AvgIpc) is 3.25. The van der Waals surface area contributed by atoms with Gasteiger partial charge in [0.05, 0.1) is 20.1 Å². The molecule has 0 aliphatic carbocycles. The number of methoxy groups -OCH3 is 2. The first-order valence-corrected chi connectivity index (χ1v) is 10.4. The first-order chi connectivity index (χ1) is 16.1. The van der Waals surface area contributed by atoms with E-state index >= 15 is 0 Å². The van der Waals surface area contributed by atoms with E-state index < -0.39 is 11.5 Å². The molecule has 5 rings (SSSR count). The molecule has 9 heteroatoms. The maximum atomic E-state index is 12.9. The van der Waals surface area contributed by atoms with E-state index in [1.165, 1.54) is 13.2 Å². The van der Waals surface area contributed by atoms with Crippen molar-refractivity contribution >= 4 is 16.9 Å². The molecule has 0 N–H and O–H groups in total. The fourth-order valence-electron chi connectivity index (χ4n) is 3.92. The summed E-state index contributed by atoms with van der Waals surface area (Å²) >= 11 is 0. The van der Waals surface area contributed by atoms with E-state index in [2.05, 4.69) is 10.1 Å². The molecule has 33 heavy (non-hydrogen) atoms. The molecular formula is C24H21N3O6. The fraction of sp³-hybridized carbons (Fsp3) is 0.250. The number of rotatable bonds is 6. The first-order valence-electron chi connectivity index (χ1n) is 10.4. The highest BCUT2D eigenvalue weighted by Crippen LogP contribution is 2.29. The molecule has 0 spiro atoms. The summed E-state index contributed by atoms with van der Waals surface area (Å²) in [6.45, 7) is 0.759. The Morgan fingerprint density at radius 3 is 2.64 bits per heavy atom. The van der Waals surface area contributed by atoms with Gasteiger partial charge in [-0.15, -0.1) is 0 Å². The number of carbonyl (C=O) groups is 1. The number of nitrogens with zero attached hydrogens (tertiary/aromatic N) is 3. The van der Waals surface area contributed by atoms with Crippen LogP contribution in [0.5, 0.6) is 11.5 Å². The molecule has 4 aromatic rings. The summed E-state index contributed by atoms with van der Waals surface area (Å²) in [7, 11) is 3.11. The summed E-state index contributed by atoms with van der Waals surface area (Å²) in [4.78, 5) is 31.4. The van der Waals surface area contributed by atoms with Crippen molar-refractivity contribution < 1.29 is 23.2 Å². The molecule has 2 aromatic heterocycles. The van der Waals surface area contributed by atoms with Gasteiger partial charge in [-0.1, -0.05) is 35.5 Å². The van der Waals surface area contributed by atoms with Crippen molar-refractivity contribution in [1.82, 2.24) is 15.0 Å². The standard InChI is InChI=1S/C24H21N3O6/c1-30-18-8-4-3-6-14(18)11-20-25-22(33-26-20)16-12-27(13-16)23(28)17-10-15-7-5-9-19(31-2)21(15)32-24(17)29/h3-10,16H,11-13H2,1-2H3. The summed E-state index contributed by atoms with van der Waals surface area (Å²) in [5.74, 6) is 1.74. The molecule has 0 bridgehead atoms. The zero-order valence-electron chi connectivity index (χ0n) is 18.1. The van der Waals surface area contributed by atoms with Gasteiger partial charge in [0.15, 0.2) is 17.2 Å². The quantitative estimate of drug-likeness (QED) is 0.415. The molecule has 0 unspecified atom stereocenters. The first kappa shape index (κ1) is 20.7. The van der Waals surface area contributed by atoms with Crippen molar-refractivity contribution in [3.63, 3.8) is 0 Å². The predicted octanol–water partition coefficient (Wildman–Crippen LogP) is 3.02. The molecule has 0 radical (unpaired) electrons. The largest absolute Gasteiger partial charge is 0.496 e. The third kappa shape index (κ3) is 3.82. The van der Waals surface area contributed by atoms with Gasteiger partial charge in [0.25, 0.3) is 5.91 Å². The van der Waals surface area contributed by atoms with Crippen molar-refractivity contribution in [3.8, 4) is 11.5 Å². The average molecular weight is 447 g/mol. The van der Waals surface area contributed by atoms with E-state index in [0.29, 0.717) is 47.9 Å². The summed E-state index contributed by atoms with van der Waals surface area (Å²) in [5, 5.41) is 4.68. The lowest BCUT2D eigenvalue weighted by molar-refractivity contribution is 0.0565. The Hall–Kier alpha value is -4.14. The van der Waals surface area contributed by atoms with Gasteiger partial charge in [0, 0.05) is 30.5 Å². The van der Waals surface area contributed by atoms with Crippen LogP contribution in [-0.4, -0.2) is 48.3 Å². The number of aromatic nitrogens is 2. The number of amides is 1. The van der Waals surface area contributed by atoms with Crippen LogP contribution in [0.4, 0.5) is 0 Å². The number of hydrogen-bond acceptors (Lipinski definition) is 8. The molecule has 0 saturated carbocycles. The van der Waals surface area contributed by atoms with Gasteiger partial charge < -0.3 is 23.3 Å². The van der Waals surface area contributed by atoms with Gasteiger partial charge in [0.1, 0.15) is 11.3 Å². The molecule has 1 saturated heterocycles. The lowest BCUT2D eigenvalue weighted by Gasteiger charge is -2.36. The second-order valence-electron chi connectivity index (χ2n) is 7.77. The maximum Gasteiger partial charge on any atom is 0.349 e. The minimum atomic E-state index is -0.697. The number of carbonyl (C=O) groups excluding carboxylic acids is 1. The van der Waals surface area contributed by atoms with E-state index in [1.54, 1.807) is 30.2 Å². The van der Waals surface area contributed by atoms with Crippen LogP contribution in [-0.2, 0) is 6.42 Å². The Labute approximate surface area is 188 Å². The van der Waals surface area contributed by atoms with Gasteiger partial charge in [-0.3, -0.25) is 4.79 Å². The van der Waals surface area contributed by atoms with Crippen molar-refractivity contribution in [3.05, 3.63) is 81.8 Å². The fourth-order valence-corrected chi connectivity index (χ4v) is 3.92. The lowest BCUT2D eigenvalue weighted by Crippen LogP contribution is -2.49. The number of benzene rings is 2. The number of hydrogen-bond donors (Lipinski definition) is 0. The van der Waals surface area contributed by atoms with E-state index in [1.807, 2.05) is 24.3 Å². The van der Waals surface area contributed by atoms with Gasteiger partial charge >= 0.3 is 5.63 Å². The van der Waals surface area contributed by atoms with Gasteiger partial charge in [-0.25, -0.2) is 4.79 Å². The maximum absolute atomic E-state index is 12.9. The molecule has 1 fully saturated rings. The Morgan fingerprint density at radius 2 is 1.85 bits per heavy atom. The molecule has 0 atom stereocenters. The molecular weight excluding hydrogens is 426 g/mol. The third-order valence-electron chi connectivity index (χ3n) is 5.72. The van der Waals surface area contributed by atoms with Crippen LogP contribution in [0, 0.1) is 0 Å². The molecule has 168 valence electrons. The minimum absolute atomic E-state index is 0.0170. The molecule has 9 nitrogen and oxygen atoms in total. The molecule has 1 aliphatic heterocycles. The van der Waals surface area contributed by atoms with Crippen molar-refractivity contribution in [2.24, 2.45) is 0 Å². The second kappa shape index (κ2) is 8.42. The van der Waals surface area contributed by atoms with E-state index in [0.717, 1.165) is 11.3 Å². The van der Waals surface area contributed by atoms with Crippen LogP contribution in [0.15, 0.2) is 62.3 Å². The highest BCUT2D eigenvalue weighted by Gasteiger charge is 2.37. The van der Waals surface area contributed by atoms with E-state index in [-0.39, 0.29) is 11.5 Å². The molecule has 3 heterocycles. The Bertz CT molecular complexity index is 1390. The van der Waals surface area contributed by atoms with Crippen LogP contribution in [0.1, 0.15) is 33.6 Å². The second-order valence-corrected chi connectivity index (χ2v) is 7.77. The normalized spacial score (nSPS) is 13.7. The third-order valence-corrected chi connectivity index (χ3v) is 5.72. The van der Waals surface area contributed by atoms with Crippen LogP contribution < -0.4 is 15.1 Å². The zero-order valence-corrected chi connectivity index (χ0v) is 18.1. The van der Waals surface area contributed by atoms with E-state index in [4.69, 9.17) is 18.4 Å². The Kier molecular flexibility index (Phi) is 5.29. The van der Waals surface area contributed by atoms with Crippen molar-refractivity contribution in [2.45, 2.75) is 12.3 Å². The summed E-state index contributed by atoms with van der Waals surface area (Å²) in [5.41, 5.74) is 0.558. The summed E-state index contributed by atoms with van der Waals surface area (Å²) < 4.78 is 21.4. The predicted molar refractivity (Wildman–Crippen MR) is 118 cm³/mol. The zero-order chi connectivity index (χ0) is 22.9. The van der Waals surface area contributed by atoms with Gasteiger partial charge in [-0.2, -0.15) is 4.98 Å². The highest BCUT2D eigenvalue weighted by atomic mass is 16.5. The Morgan fingerprint density at radius 1 is 1.09 bits per heavy atom. The highest BCUT2D eigenvalue weighted by molar-refractivity contribution is 5.97. The number of likely N-dealkylation sites (tertiary alicyclic amines) is 1. The van der Waals surface area contributed by atoms with Crippen LogP contribution in [0.2, 0.25) is 0 Å². The molecule has 1 aliphatic rings. The number of ether oxygens (including phenoxy) is 2. The van der Waals surface area contributed by atoms with Gasteiger partial charge in [0.2, 0.25) is 5.89 Å². The van der Waals surface area contributed by atoms with Crippen LogP contribution in [0.3, 0.4) is 0 Å². The SMILES string of the molecule is COc1ccccc1Cc1noc(C2CN(C(=O)c3cc4cccc(OC)c4oc3=O)C2)n1. The van der Waals surface area contributed by atoms with Crippen LogP contribution >= 0.6 is 0 Å². The monoisotopic (exact) mass is 447 g/mol. The Balaban J connectivity index is 1.28. The summed E-state index contributed by atoms with van der Waals surface area (Å²) in [6, 6.07) is 14.4. The van der Waals surface area contributed by atoms with Crippen molar-refractivity contribution in [2.75, 3.05) is 27.3 Å². The summed E-state index contributed by atoms with van der Waals surface area (Å²) in [6.07, 6.45) is 0.477. The van der Waals surface area contributed by atoms with Crippen molar-refractivity contribution in [1.29, 1.82) is 0 Å². The smallest absolute Gasteiger partial charge is 0.349 e. The number of fused-ring (bicyclic) bond motifs is 1.